The summed E-state index contributed by atoms with van der Waals surface area (Å²) in [4.78, 5) is 29.4. The Morgan fingerprint density at radius 3 is 2.63 bits per heavy atom. The van der Waals surface area contributed by atoms with Crippen LogP contribution in [0, 0.1) is 12.8 Å². The molecule has 2 aromatic carbocycles. The number of anilines is 1. The lowest BCUT2D eigenvalue weighted by atomic mass is 9.86. The molecule has 1 fully saturated rings. The molecule has 30 heavy (non-hydrogen) atoms. The molecule has 2 aliphatic rings. The van der Waals surface area contributed by atoms with E-state index in [1.807, 2.05) is 61.5 Å². The number of nitrogens with zero attached hydrogens (tertiary/aromatic N) is 1. The first-order valence-electron chi connectivity index (χ1n) is 10.7. The van der Waals surface area contributed by atoms with Gasteiger partial charge in [-0.15, -0.1) is 0 Å². The van der Waals surface area contributed by atoms with Gasteiger partial charge >= 0.3 is 0 Å². The molecular formula is C25H28N2O2S. The van der Waals surface area contributed by atoms with Crippen molar-refractivity contribution >= 4 is 35.3 Å². The molecule has 1 saturated carbocycles. The third-order valence-corrected chi connectivity index (χ3v) is 7.04. The van der Waals surface area contributed by atoms with Crippen molar-refractivity contribution in [3.63, 3.8) is 0 Å². The molecular weight excluding hydrogens is 392 g/mol. The summed E-state index contributed by atoms with van der Waals surface area (Å²) in [7, 11) is 0. The fourth-order valence-corrected chi connectivity index (χ4v) is 5.22. The Morgan fingerprint density at radius 1 is 1.13 bits per heavy atom. The highest BCUT2D eigenvalue weighted by Crippen LogP contribution is 2.42. The van der Waals surface area contributed by atoms with Gasteiger partial charge in [-0.2, -0.15) is 0 Å². The van der Waals surface area contributed by atoms with Crippen molar-refractivity contribution in [3.8, 4) is 0 Å². The Hall–Kier alpha value is -2.53. The zero-order valence-electron chi connectivity index (χ0n) is 17.6. The lowest BCUT2D eigenvalue weighted by Crippen LogP contribution is -2.48. The van der Waals surface area contributed by atoms with E-state index in [9.17, 15) is 9.59 Å². The Bertz CT molecular complexity index is 967. The van der Waals surface area contributed by atoms with Gasteiger partial charge in [0.05, 0.1) is 10.6 Å². The number of hydrogen-bond acceptors (Lipinski definition) is 3. The molecule has 1 aliphatic heterocycles. The summed E-state index contributed by atoms with van der Waals surface area (Å²) in [5.41, 5.74) is 2.97. The summed E-state index contributed by atoms with van der Waals surface area (Å²) in [6.07, 6.45) is 6.47. The van der Waals surface area contributed by atoms with Gasteiger partial charge in [-0.25, -0.2) is 0 Å². The smallest absolute Gasteiger partial charge is 0.265 e. The standard InChI is InChI=1S/C25H28N2O2S/c1-17-11-13-19(14-12-17)15-23-25(29)27(21-9-5-6-10-22(21)30-23)16-24(28)26-20-8-4-3-7-18(20)2/h5-6,9-15,18,20H,3-4,7-8,16H2,1-2H3,(H,26,28)/b23-15+/t18-,20-/m1/s1. The minimum Gasteiger partial charge on any atom is -0.352 e. The molecule has 5 heteroatoms. The summed E-state index contributed by atoms with van der Waals surface area (Å²) < 4.78 is 0. The van der Waals surface area contributed by atoms with Gasteiger partial charge in [-0.1, -0.05) is 73.5 Å². The predicted molar refractivity (Wildman–Crippen MR) is 123 cm³/mol. The lowest BCUT2D eigenvalue weighted by Gasteiger charge is -2.32. The van der Waals surface area contributed by atoms with Gasteiger partial charge in [0.15, 0.2) is 0 Å². The quantitative estimate of drug-likeness (QED) is 0.694. The van der Waals surface area contributed by atoms with E-state index in [2.05, 4.69) is 12.2 Å². The molecule has 1 N–H and O–H groups in total. The Balaban J connectivity index is 1.56. The fraction of sp³-hybridized carbons (Fsp3) is 0.360. The van der Waals surface area contributed by atoms with Crippen LogP contribution >= 0.6 is 11.8 Å². The van der Waals surface area contributed by atoms with Crippen molar-refractivity contribution in [1.82, 2.24) is 5.32 Å². The van der Waals surface area contributed by atoms with Crippen LogP contribution in [0.3, 0.4) is 0 Å². The van der Waals surface area contributed by atoms with Crippen molar-refractivity contribution in [1.29, 1.82) is 0 Å². The van der Waals surface area contributed by atoms with Crippen molar-refractivity contribution in [3.05, 3.63) is 64.6 Å². The van der Waals surface area contributed by atoms with Crippen molar-refractivity contribution in [2.75, 3.05) is 11.4 Å². The SMILES string of the molecule is Cc1ccc(/C=C2/Sc3ccccc3N(CC(=O)N[C@@H]3CCCC[C@H]3C)C2=O)cc1. The number of carbonyl (C=O) groups excluding carboxylic acids is 2. The minimum atomic E-state index is -0.119. The Labute approximate surface area is 182 Å². The van der Waals surface area contributed by atoms with Crippen molar-refractivity contribution in [2.24, 2.45) is 5.92 Å². The van der Waals surface area contributed by atoms with Crippen LogP contribution in [0.15, 0.2) is 58.3 Å². The van der Waals surface area contributed by atoms with Crippen LogP contribution in [0.1, 0.15) is 43.7 Å². The minimum absolute atomic E-state index is 0.0465. The van der Waals surface area contributed by atoms with Crippen LogP contribution in [0.25, 0.3) is 6.08 Å². The largest absolute Gasteiger partial charge is 0.352 e. The number of aryl methyl sites for hydroxylation is 1. The van der Waals surface area contributed by atoms with Gasteiger partial charge in [0.1, 0.15) is 6.54 Å². The maximum atomic E-state index is 13.3. The second-order valence-electron chi connectivity index (χ2n) is 8.32. The van der Waals surface area contributed by atoms with E-state index in [4.69, 9.17) is 0 Å². The monoisotopic (exact) mass is 420 g/mol. The number of amides is 2. The summed E-state index contributed by atoms with van der Waals surface area (Å²) in [5, 5.41) is 3.18. The Kier molecular flexibility index (Phi) is 6.28. The van der Waals surface area contributed by atoms with Gasteiger partial charge in [0.25, 0.3) is 5.91 Å². The zero-order valence-corrected chi connectivity index (χ0v) is 18.4. The molecule has 0 spiro atoms. The predicted octanol–water partition coefficient (Wildman–Crippen LogP) is 5.17. The molecule has 4 rings (SSSR count). The molecule has 4 nitrogen and oxygen atoms in total. The van der Waals surface area contributed by atoms with Crippen molar-refractivity contribution < 1.29 is 9.59 Å². The molecule has 0 aromatic heterocycles. The van der Waals surface area contributed by atoms with E-state index < -0.39 is 0 Å². The maximum Gasteiger partial charge on any atom is 0.265 e. The number of fused-ring (bicyclic) bond motifs is 1. The van der Waals surface area contributed by atoms with E-state index in [1.54, 1.807) is 4.90 Å². The van der Waals surface area contributed by atoms with E-state index in [0.717, 1.165) is 35.4 Å². The van der Waals surface area contributed by atoms with Crippen LogP contribution in [-0.2, 0) is 9.59 Å². The normalized spacial score (nSPS) is 22.7. The van der Waals surface area contributed by atoms with Gasteiger partial charge in [-0.3, -0.25) is 14.5 Å². The second kappa shape index (κ2) is 9.09. The first-order valence-corrected chi connectivity index (χ1v) is 11.5. The number of nitrogens with one attached hydrogen (secondary N) is 1. The van der Waals surface area contributed by atoms with Crippen LogP contribution in [0.4, 0.5) is 5.69 Å². The molecule has 0 bridgehead atoms. The number of rotatable bonds is 4. The second-order valence-corrected chi connectivity index (χ2v) is 9.40. The first kappa shape index (κ1) is 20.7. The summed E-state index contributed by atoms with van der Waals surface area (Å²) in [5.74, 6) is 0.282. The van der Waals surface area contributed by atoms with Crippen LogP contribution in [-0.4, -0.2) is 24.4 Å². The van der Waals surface area contributed by atoms with E-state index in [0.29, 0.717) is 10.8 Å². The van der Waals surface area contributed by atoms with Gasteiger partial charge in [0, 0.05) is 10.9 Å². The molecule has 0 unspecified atom stereocenters. The van der Waals surface area contributed by atoms with Crippen LogP contribution in [0.2, 0.25) is 0 Å². The van der Waals surface area contributed by atoms with E-state index in [1.165, 1.54) is 23.7 Å². The number of thioether (sulfide) groups is 1. The lowest BCUT2D eigenvalue weighted by molar-refractivity contribution is -0.123. The highest BCUT2D eigenvalue weighted by atomic mass is 32.2. The average Bonchev–Trinajstić information content (AvgIpc) is 2.74. The summed E-state index contributed by atoms with van der Waals surface area (Å²) in [6.45, 7) is 4.29. The summed E-state index contributed by atoms with van der Waals surface area (Å²) >= 11 is 1.47. The van der Waals surface area contributed by atoms with E-state index in [-0.39, 0.29) is 24.4 Å². The average molecular weight is 421 g/mol. The fourth-order valence-electron chi connectivity index (χ4n) is 4.16. The summed E-state index contributed by atoms with van der Waals surface area (Å²) in [6, 6.07) is 16.1. The number of carbonyl (C=O) groups is 2. The van der Waals surface area contributed by atoms with Crippen molar-refractivity contribution in [2.45, 2.75) is 50.5 Å². The maximum absolute atomic E-state index is 13.3. The third kappa shape index (κ3) is 4.62. The van der Waals surface area contributed by atoms with Gasteiger partial charge < -0.3 is 5.32 Å². The first-order chi connectivity index (χ1) is 14.5. The number of benzene rings is 2. The highest BCUT2D eigenvalue weighted by molar-refractivity contribution is 8.04. The molecule has 0 radical (unpaired) electrons. The number of para-hydroxylation sites is 1. The molecule has 156 valence electrons. The molecule has 1 heterocycles. The Morgan fingerprint density at radius 2 is 1.87 bits per heavy atom. The van der Waals surface area contributed by atoms with E-state index >= 15 is 0 Å². The molecule has 2 atom stereocenters. The molecule has 0 saturated heterocycles. The van der Waals surface area contributed by atoms with Crippen LogP contribution < -0.4 is 10.2 Å². The number of hydrogen-bond donors (Lipinski definition) is 1. The zero-order chi connectivity index (χ0) is 21.1. The molecule has 2 amide bonds. The third-order valence-electron chi connectivity index (χ3n) is 5.97. The van der Waals surface area contributed by atoms with Crippen LogP contribution in [0.5, 0.6) is 0 Å². The highest BCUT2D eigenvalue weighted by Gasteiger charge is 2.31. The topological polar surface area (TPSA) is 49.4 Å². The van der Waals surface area contributed by atoms with Gasteiger partial charge in [-0.05, 0) is 49.5 Å². The van der Waals surface area contributed by atoms with Gasteiger partial charge in [0.2, 0.25) is 5.91 Å². The molecule has 1 aliphatic carbocycles. The molecule has 2 aromatic rings.